The number of nitrogens with two attached hydrogens (primary N) is 1. The van der Waals surface area contributed by atoms with Crippen molar-refractivity contribution in [3.8, 4) is 5.75 Å². The first-order chi connectivity index (χ1) is 9.65. The van der Waals surface area contributed by atoms with Gasteiger partial charge in [-0.05, 0) is 24.6 Å². The summed E-state index contributed by atoms with van der Waals surface area (Å²) in [6, 6.07) is 5.26. The second-order valence-electron chi connectivity index (χ2n) is 5.03. The highest BCUT2D eigenvalue weighted by atomic mass is 35.5. The predicted molar refractivity (Wildman–Crippen MR) is 86.0 cm³/mol. The molecule has 0 heterocycles. The second kappa shape index (κ2) is 9.65. The largest absolute Gasteiger partial charge is 0.494 e. The maximum absolute atomic E-state index is 7.36. The lowest BCUT2D eigenvalue weighted by Crippen LogP contribution is -2.11. The standard InChI is InChI=1S/C16H25ClN2O/c1-2-3-4-5-6-7-8-11-20-13-9-10-14(16(18)19)15(17)12-13/h9-10,12H,2-8,11H2,1H3,(H3,18,19). The Morgan fingerprint density at radius 2 is 1.80 bits per heavy atom. The minimum Gasteiger partial charge on any atom is -0.494 e. The molecule has 20 heavy (non-hydrogen) atoms. The van der Waals surface area contributed by atoms with Crippen LogP contribution in [0.25, 0.3) is 0 Å². The van der Waals surface area contributed by atoms with Crippen LogP contribution in [-0.2, 0) is 0 Å². The summed E-state index contributed by atoms with van der Waals surface area (Å²) in [5.41, 5.74) is 5.96. The molecule has 1 rings (SSSR count). The van der Waals surface area contributed by atoms with Crippen LogP contribution in [-0.4, -0.2) is 12.4 Å². The summed E-state index contributed by atoms with van der Waals surface area (Å²) >= 11 is 6.03. The Bertz CT molecular complexity index is 421. The van der Waals surface area contributed by atoms with E-state index in [2.05, 4.69) is 6.92 Å². The highest BCUT2D eigenvalue weighted by Crippen LogP contribution is 2.22. The zero-order valence-electron chi connectivity index (χ0n) is 12.3. The van der Waals surface area contributed by atoms with E-state index in [-0.39, 0.29) is 5.84 Å². The van der Waals surface area contributed by atoms with Crippen LogP contribution < -0.4 is 10.5 Å². The third kappa shape index (κ3) is 6.29. The fourth-order valence-electron chi connectivity index (χ4n) is 2.05. The summed E-state index contributed by atoms with van der Waals surface area (Å²) in [6.07, 6.45) is 8.87. The van der Waals surface area contributed by atoms with Crippen LogP contribution in [0.15, 0.2) is 18.2 Å². The van der Waals surface area contributed by atoms with Crippen LogP contribution >= 0.6 is 11.6 Å². The van der Waals surface area contributed by atoms with Crippen LogP contribution in [0.3, 0.4) is 0 Å². The molecule has 0 spiro atoms. The van der Waals surface area contributed by atoms with Gasteiger partial charge in [-0.1, -0.05) is 57.0 Å². The van der Waals surface area contributed by atoms with Crippen LogP contribution in [0.2, 0.25) is 5.02 Å². The first-order valence-corrected chi connectivity index (χ1v) is 7.79. The SMILES string of the molecule is CCCCCCCCCOc1ccc(C(=N)N)c(Cl)c1. The highest BCUT2D eigenvalue weighted by molar-refractivity contribution is 6.34. The number of nitrogen functional groups attached to an aromatic ring is 1. The van der Waals surface area contributed by atoms with Gasteiger partial charge in [-0.3, -0.25) is 5.41 Å². The Morgan fingerprint density at radius 1 is 1.15 bits per heavy atom. The van der Waals surface area contributed by atoms with Gasteiger partial charge in [-0.15, -0.1) is 0 Å². The van der Waals surface area contributed by atoms with E-state index in [4.69, 9.17) is 27.5 Å². The van der Waals surface area contributed by atoms with Crippen molar-refractivity contribution in [1.29, 1.82) is 5.41 Å². The number of benzene rings is 1. The Hall–Kier alpha value is -1.22. The lowest BCUT2D eigenvalue weighted by atomic mass is 10.1. The van der Waals surface area contributed by atoms with Gasteiger partial charge in [0.2, 0.25) is 0 Å². The van der Waals surface area contributed by atoms with Crippen LogP contribution in [0.5, 0.6) is 5.75 Å². The van der Waals surface area contributed by atoms with Crippen molar-refractivity contribution in [1.82, 2.24) is 0 Å². The molecule has 1 aromatic rings. The topological polar surface area (TPSA) is 59.1 Å². The smallest absolute Gasteiger partial charge is 0.124 e. The average Bonchev–Trinajstić information content (AvgIpc) is 2.41. The number of amidine groups is 1. The summed E-state index contributed by atoms with van der Waals surface area (Å²) in [5.74, 6) is 0.722. The first kappa shape index (κ1) is 16.8. The molecule has 0 fully saturated rings. The van der Waals surface area contributed by atoms with Gasteiger partial charge in [-0.2, -0.15) is 0 Å². The lowest BCUT2D eigenvalue weighted by Gasteiger charge is -2.08. The Kier molecular flexibility index (Phi) is 8.12. The van der Waals surface area contributed by atoms with Crippen molar-refractivity contribution in [2.75, 3.05) is 6.61 Å². The van der Waals surface area contributed by atoms with E-state index < -0.39 is 0 Å². The molecule has 112 valence electrons. The molecular formula is C16H25ClN2O. The normalized spacial score (nSPS) is 10.5. The van der Waals surface area contributed by atoms with Crippen molar-refractivity contribution in [3.05, 3.63) is 28.8 Å². The molecular weight excluding hydrogens is 272 g/mol. The van der Waals surface area contributed by atoms with E-state index in [0.29, 0.717) is 17.2 Å². The zero-order valence-corrected chi connectivity index (χ0v) is 13.0. The number of nitrogens with one attached hydrogen (secondary N) is 1. The molecule has 0 saturated carbocycles. The molecule has 0 atom stereocenters. The summed E-state index contributed by atoms with van der Waals surface area (Å²) in [6.45, 7) is 2.94. The van der Waals surface area contributed by atoms with Crippen LogP contribution in [0.1, 0.15) is 57.4 Å². The quantitative estimate of drug-likeness (QED) is 0.372. The lowest BCUT2D eigenvalue weighted by molar-refractivity contribution is 0.304. The fourth-order valence-corrected chi connectivity index (χ4v) is 2.33. The third-order valence-corrected chi connectivity index (χ3v) is 3.56. The molecule has 0 radical (unpaired) electrons. The first-order valence-electron chi connectivity index (χ1n) is 7.42. The van der Waals surface area contributed by atoms with E-state index in [1.807, 2.05) is 6.07 Å². The number of hydrogen-bond donors (Lipinski definition) is 2. The van der Waals surface area contributed by atoms with E-state index in [1.165, 1.54) is 38.5 Å². The maximum Gasteiger partial charge on any atom is 0.124 e. The molecule has 0 bridgehead atoms. The fraction of sp³-hybridized carbons (Fsp3) is 0.562. The van der Waals surface area contributed by atoms with Crippen LogP contribution in [0.4, 0.5) is 0 Å². The van der Waals surface area contributed by atoms with Gasteiger partial charge in [0.05, 0.1) is 11.6 Å². The van der Waals surface area contributed by atoms with Crippen molar-refractivity contribution in [3.63, 3.8) is 0 Å². The molecule has 0 saturated heterocycles. The van der Waals surface area contributed by atoms with E-state index in [9.17, 15) is 0 Å². The zero-order chi connectivity index (χ0) is 14.8. The molecule has 0 amide bonds. The number of hydrogen-bond acceptors (Lipinski definition) is 2. The molecule has 3 N–H and O–H groups in total. The summed E-state index contributed by atoms with van der Waals surface area (Å²) < 4.78 is 5.65. The Labute approximate surface area is 127 Å². The molecule has 0 unspecified atom stereocenters. The molecule has 4 heteroatoms. The third-order valence-electron chi connectivity index (χ3n) is 3.25. The number of ether oxygens (including phenoxy) is 1. The van der Waals surface area contributed by atoms with Crippen molar-refractivity contribution in [2.24, 2.45) is 5.73 Å². The van der Waals surface area contributed by atoms with Gasteiger partial charge in [0.25, 0.3) is 0 Å². The van der Waals surface area contributed by atoms with Crippen LogP contribution in [0, 0.1) is 5.41 Å². The van der Waals surface area contributed by atoms with Crippen molar-refractivity contribution < 1.29 is 4.74 Å². The maximum atomic E-state index is 7.36. The predicted octanol–water partition coefficient (Wildman–Crippen LogP) is 4.75. The monoisotopic (exact) mass is 296 g/mol. The Balaban J connectivity index is 2.19. The van der Waals surface area contributed by atoms with E-state index in [1.54, 1.807) is 12.1 Å². The molecule has 0 aromatic heterocycles. The van der Waals surface area contributed by atoms with Gasteiger partial charge >= 0.3 is 0 Å². The molecule has 0 aliphatic rings. The van der Waals surface area contributed by atoms with Crippen molar-refractivity contribution >= 4 is 17.4 Å². The van der Waals surface area contributed by atoms with Crippen molar-refractivity contribution in [2.45, 2.75) is 51.9 Å². The Morgan fingerprint density at radius 3 is 2.40 bits per heavy atom. The van der Waals surface area contributed by atoms with Gasteiger partial charge in [0.1, 0.15) is 11.6 Å². The average molecular weight is 297 g/mol. The number of rotatable bonds is 10. The minimum absolute atomic E-state index is 0.0198. The molecule has 1 aromatic carbocycles. The highest BCUT2D eigenvalue weighted by Gasteiger charge is 2.04. The van der Waals surface area contributed by atoms with Gasteiger partial charge < -0.3 is 10.5 Å². The minimum atomic E-state index is -0.0198. The van der Waals surface area contributed by atoms with E-state index in [0.717, 1.165) is 12.2 Å². The summed E-state index contributed by atoms with van der Waals surface area (Å²) in [4.78, 5) is 0. The molecule has 3 nitrogen and oxygen atoms in total. The molecule has 0 aliphatic heterocycles. The summed E-state index contributed by atoms with van der Waals surface area (Å²) in [5, 5.41) is 7.83. The number of halogens is 1. The summed E-state index contributed by atoms with van der Waals surface area (Å²) in [7, 11) is 0. The van der Waals surface area contributed by atoms with E-state index >= 15 is 0 Å². The van der Waals surface area contributed by atoms with Gasteiger partial charge in [0.15, 0.2) is 0 Å². The number of unbranched alkanes of at least 4 members (excludes halogenated alkanes) is 6. The van der Waals surface area contributed by atoms with Gasteiger partial charge in [0, 0.05) is 5.56 Å². The molecule has 0 aliphatic carbocycles. The second-order valence-corrected chi connectivity index (χ2v) is 5.43. The van der Waals surface area contributed by atoms with Gasteiger partial charge in [-0.25, -0.2) is 0 Å².